The molecule has 1 saturated heterocycles. The molecule has 1 unspecified atom stereocenters. The number of hydrogen-bond acceptors (Lipinski definition) is 10. The lowest BCUT2D eigenvalue weighted by Gasteiger charge is -2.25. The molecule has 3 atom stereocenters. The van der Waals surface area contributed by atoms with Gasteiger partial charge < -0.3 is 24.7 Å². The van der Waals surface area contributed by atoms with Gasteiger partial charge in [0.1, 0.15) is 28.5 Å². The number of nitrogens with one attached hydrogen (secondary N) is 2. The van der Waals surface area contributed by atoms with Gasteiger partial charge in [-0.1, -0.05) is 0 Å². The maximum Gasteiger partial charge on any atom is 0.414 e. The standard InChI is InChI=1S/C34H37FN8O4S/c1-33(2,3)46-31(44)39-26-20-15-43(16-21(20)26)29-25-19-11-17(35)12-24(42(7)32(45)47-34(4,5)6)27(19)38-28(25)40-30(41-29)48-18-13-23-22(37-14-18)9-8-10-36-23/h8-14,20-21,26H,15-16H2,1-7H3,(H,39,44)(H,38,40,41)/t20-,21+,26?. The molecule has 1 aliphatic carbocycles. The number of piperidine rings is 1. The lowest BCUT2D eigenvalue weighted by Crippen LogP contribution is -2.38. The quantitative estimate of drug-likeness (QED) is 0.195. The van der Waals surface area contributed by atoms with Gasteiger partial charge in [-0.25, -0.2) is 23.9 Å². The molecule has 1 saturated carbocycles. The van der Waals surface area contributed by atoms with Gasteiger partial charge in [0, 0.05) is 60.7 Å². The van der Waals surface area contributed by atoms with Crippen molar-refractivity contribution in [2.45, 2.75) is 68.8 Å². The number of pyridine rings is 2. The first-order valence-corrected chi connectivity index (χ1v) is 16.6. The summed E-state index contributed by atoms with van der Waals surface area (Å²) in [7, 11) is 1.55. The summed E-state index contributed by atoms with van der Waals surface area (Å²) in [5, 5.41) is 4.67. The monoisotopic (exact) mass is 672 g/mol. The number of aromatic amines is 1. The van der Waals surface area contributed by atoms with Crippen molar-refractivity contribution in [3.05, 3.63) is 48.5 Å². The SMILES string of the molecule is CN(C(=O)OC(C)(C)C)c1cc(F)cc2c1[nH]c1nc(Sc3cnc4cccnc4c3)nc(N3C[C@@H]4C(NC(=O)OC(C)(C)C)[C@@H]4C3)c12. The van der Waals surface area contributed by atoms with Crippen LogP contribution in [-0.2, 0) is 9.47 Å². The summed E-state index contributed by atoms with van der Waals surface area (Å²) in [6.45, 7) is 12.1. The highest BCUT2D eigenvalue weighted by Crippen LogP contribution is 2.49. The van der Waals surface area contributed by atoms with E-state index in [4.69, 9.17) is 19.4 Å². The predicted octanol–water partition coefficient (Wildman–Crippen LogP) is 6.68. The van der Waals surface area contributed by atoms with E-state index in [1.807, 2.05) is 39.0 Å². The zero-order chi connectivity index (χ0) is 34.1. The van der Waals surface area contributed by atoms with Crippen molar-refractivity contribution in [3.8, 4) is 0 Å². The van der Waals surface area contributed by atoms with E-state index >= 15 is 4.39 Å². The second kappa shape index (κ2) is 11.5. The molecule has 5 heterocycles. The first-order valence-electron chi connectivity index (χ1n) is 15.8. The number of ether oxygens (including phenoxy) is 2. The minimum Gasteiger partial charge on any atom is -0.444 e. The number of benzene rings is 1. The zero-order valence-corrected chi connectivity index (χ0v) is 28.6. The molecule has 0 radical (unpaired) electrons. The van der Waals surface area contributed by atoms with Crippen LogP contribution in [-0.4, -0.2) is 74.5 Å². The smallest absolute Gasteiger partial charge is 0.414 e. The van der Waals surface area contributed by atoms with E-state index in [0.717, 1.165) is 15.9 Å². The number of rotatable bonds is 5. The number of nitrogens with zero attached hydrogens (tertiary/aromatic N) is 6. The Morgan fingerprint density at radius 3 is 2.46 bits per heavy atom. The van der Waals surface area contributed by atoms with Crippen LogP contribution >= 0.6 is 11.8 Å². The van der Waals surface area contributed by atoms with E-state index in [0.29, 0.717) is 51.7 Å². The molecule has 12 nitrogen and oxygen atoms in total. The van der Waals surface area contributed by atoms with Crippen molar-refractivity contribution >= 4 is 68.4 Å². The molecule has 7 rings (SSSR count). The molecular formula is C34H37FN8O4S. The van der Waals surface area contributed by atoms with Gasteiger partial charge in [-0.05, 0) is 83.6 Å². The van der Waals surface area contributed by atoms with E-state index in [-0.39, 0.29) is 17.9 Å². The number of aromatic nitrogens is 5. The Hall–Kier alpha value is -4.72. The molecule has 0 bridgehead atoms. The maximum atomic E-state index is 15.3. The third-order valence-electron chi connectivity index (χ3n) is 8.31. The van der Waals surface area contributed by atoms with Gasteiger partial charge in [0.05, 0.1) is 27.6 Å². The number of halogens is 1. The number of alkyl carbamates (subject to hydrolysis) is 1. The normalized spacial score (nSPS) is 19.1. The van der Waals surface area contributed by atoms with Gasteiger partial charge in [-0.2, -0.15) is 0 Å². The Labute approximate surface area is 280 Å². The predicted molar refractivity (Wildman–Crippen MR) is 182 cm³/mol. The van der Waals surface area contributed by atoms with Gasteiger partial charge in [0.15, 0.2) is 5.16 Å². The van der Waals surface area contributed by atoms with Crippen molar-refractivity contribution < 1.29 is 23.5 Å². The van der Waals surface area contributed by atoms with Crippen LogP contribution in [0.5, 0.6) is 0 Å². The number of carbonyl (C=O) groups is 2. The molecule has 1 aliphatic heterocycles. The minimum atomic E-state index is -0.733. The fraction of sp³-hybridized carbons (Fsp3) is 0.412. The first kappa shape index (κ1) is 31.9. The molecule has 2 aliphatic rings. The fourth-order valence-corrected chi connectivity index (χ4v) is 6.98. The summed E-state index contributed by atoms with van der Waals surface area (Å²) in [6.07, 6.45) is 2.44. The lowest BCUT2D eigenvalue weighted by molar-refractivity contribution is 0.0516. The Bertz CT molecular complexity index is 2080. The number of fused-ring (bicyclic) bond motifs is 5. The topological polar surface area (TPSA) is 138 Å². The molecule has 2 N–H and O–H groups in total. The fourth-order valence-electron chi connectivity index (χ4n) is 6.23. The lowest BCUT2D eigenvalue weighted by atomic mass is 10.1. The van der Waals surface area contributed by atoms with E-state index in [1.165, 1.54) is 28.8 Å². The highest BCUT2D eigenvalue weighted by atomic mass is 32.2. The Morgan fingerprint density at radius 1 is 1.02 bits per heavy atom. The second-order valence-corrected chi connectivity index (χ2v) is 15.3. The summed E-state index contributed by atoms with van der Waals surface area (Å²) in [5.74, 6) is 0.551. The summed E-state index contributed by atoms with van der Waals surface area (Å²) in [6, 6.07) is 8.42. The van der Waals surface area contributed by atoms with Crippen LogP contribution < -0.4 is 15.1 Å². The van der Waals surface area contributed by atoms with Crippen molar-refractivity contribution in [2.75, 3.05) is 29.9 Å². The Balaban J connectivity index is 1.27. The molecule has 4 aromatic heterocycles. The molecule has 2 amide bonds. The summed E-state index contributed by atoms with van der Waals surface area (Å²) >= 11 is 1.35. The van der Waals surface area contributed by atoms with Gasteiger partial charge in [0.25, 0.3) is 0 Å². The zero-order valence-electron chi connectivity index (χ0n) is 27.8. The van der Waals surface area contributed by atoms with Gasteiger partial charge in [-0.3, -0.25) is 14.9 Å². The van der Waals surface area contributed by atoms with Crippen LogP contribution in [0.1, 0.15) is 41.5 Å². The average Bonchev–Trinajstić information content (AvgIpc) is 3.29. The number of H-pyrrole nitrogens is 1. The van der Waals surface area contributed by atoms with Crippen molar-refractivity contribution in [2.24, 2.45) is 11.8 Å². The van der Waals surface area contributed by atoms with Crippen LogP contribution in [0.25, 0.3) is 33.0 Å². The highest BCUT2D eigenvalue weighted by molar-refractivity contribution is 7.99. The summed E-state index contributed by atoms with van der Waals surface area (Å²) < 4.78 is 26.4. The third-order valence-corrected chi connectivity index (χ3v) is 9.13. The maximum absolute atomic E-state index is 15.3. The average molecular weight is 673 g/mol. The minimum absolute atomic E-state index is 0.00735. The molecule has 1 aromatic carbocycles. The van der Waals surface area contributed by atoms with Crippen LogP contribution in [0.4, 0.5) is 25.5 Å². The molecule has 48 heavy (non-hydrogen) atoms. The van der Waals surface area contributed by atoms with Crippen molar-refractivity contribution in [3.63, 3.8) is 0 Å². The van der Waals surface area contributed by atoms with Gasteiger partial charge in [-0.15, -0.1) is 0 Å². The Morgan fingerprint density at radius 2 is 1.75 bits per heavy atom. The van der Waals surface area contributed by atoms with E-state index in [2.05, 4.69) is 25.2 Å². The number of amides is 2. The molecule has 0 spiro atoms. The van der Waals surface area contributed by atoms with Crippen LogP contribution in [0.15, 0.2) is 52.8 Å². The Kier molecular flexibility index (Phi) is 7.61. The largest absolute Gasteiger partial charge is 0.444 e. The summed E-state index contributed by atoms with van der Waals surface area (Å²) in [4.78, 5) is 52.0. The van der Waals surface area contributed by atoms with Gasteiger partial charge >= 0.3 is 12.2 Å². The number of hydrogen-bond donors (Lipinski definition) is 2. The molecule has 250 valence electrons. The van der Waals surface area contributed by atoms with E-state index in [1.54, 1.807) is 40.2 Å². The number of anilines is 2. The van der Waals surface area contributed by atoms with E-state index < -0.39 is 29.2 Å². The molecule has 14 heteroatoms. The van der Waals surface area contributed by atoms with Crippen LogP contribution in [0.3, 0.4) is 0 Å². The van der Waals surface area contributed by atoms with E-state index in [9.17, 15) is 9.59 Å². The van der Waals surface area contributed by atoms with Crippen LogP contribution in [0, 0.1) is 17.7 Å². The third kappa shape index (κ3) is 6.28. The van der Waals surface area contributed by atoms with Crippen LogP contribution in [0.2, 0.25) is 0 Å². The van der Waals surface area contributed by atoms with Crippen molar-refractivity contribution in [1.29, 1.82) is 0 Å². The first-order chi connectivity index (χ1) is 22.6. The van der Waals surface area contributed by atoms with Gasteiger partial charge in [0.2, 0.25) is 0 Å². The number of carbonyl (C=O) groups excluding carboxylic acids is 2. The molecular weight excluding hydrogens is 635 g/mol. The molecule has 2 fully saturated rings. The van der Waals surface area contributed by atoms with Crippen molar-refractivity contribution in [1.82, 2.24) is 30.2 Å². The second-order valence-electron chi connectivity index (χ2n) is 14.3. The summed E-state index contributed by atoms with van der Waals surface area (Å²) in [5.41, 5.74) is 1.56. The highest BCUT2D eigenvalue weighted by Gasteiger charge is 2.57. The molecule has 5 aromatic rings.